The molecule has 7 heteroatoms. The lowest BCUT2D eigenvalue weighted by Crippen LogP contribution is -2.20. The predicted octanol–water partition coefficient (Wildman–Crippen LogP) is 3.95. The number of carbonyl (C=O) groups is 2. The molecule has 0 saturated heterocycles. The molecule has 0 unspecified atom stereocenters. The summed E-state index contributed by atoms with van der Waals surface area (Å²) < 4.78 is 5.48. The Morgan fingerprint density at radius 2 is 1.53 bits per heavy atom. The minimum atomic E-state index is -0.233. The summed E-state index contributed by atoms with van der Waals surface area (Å²) in [6.45, 7) is -0.0858. The average molecular weight is 420 g/mol. The Morgan fingerprint density at radius 1 is 0.867 bits per heavy atom. The molecule has 2 N–H and O–H groups in total. The molecule has 0 atom stereocenters. The summed E-state index contributed by atoms with van der Waals surface area (Å²) in [6.07, 6.45) is 1.55. The second-order valence-electron chi connectivity index (χ2n) is 6.17. The van der Waals surface area contributed by atoms with E-state index in [4.69, 9.17) is 4.74 Å². The van der Waals surface area contributed by atoms with Gasteiger partial charge in [0.2, 0.25) is 5.91 Å². The highest BCUT2D eigenvalue weighted by molar-refractivity contribution is 8.00. The van der Waals surface area contributed by atoms with Crippen molar-refractivity contribution in [2.45, 2.75) is 4.90 Å². The average Bonchev–Trinajstić information content (AvgIpc) is 2.78. The Kier molecular flexibility index (Phi) is 8.05. The lowest BCUT2D eigenvalue weighted by molar-refractivity contribution is -0.119. The van der Waals surface area contributed by atoms with E-state index in [1.165, 1.54) is 11.8 Å². The predicted molar refractivity (Wildman–Crippen MR) is 120 cm³/mol. The normalized spacial score (nSPS) is 10.5. The van der Waals surface area contributed by atoms with Crippen LogP contribution in [0, 0.1) is 0 Å². The van der Waals surface area contributed by atoms with Crippen LogP contribution < -0.4 is 15.5 Å². The smallest absolute Gasteiger partial charge is 0.262 e. The first-order valence-corrected chi connectivity index (χ1v) is 10.2. The molecule has 0 aliphatic carbocycles. The van der Waals surface area contributed by atoms with Crippen LogP contribution in [0.1, 0.15) is 5.56 Å². The minimum Gasteiger partial charge on any atom is -0.484 e. The molecule has 0 bridgehead atoms. The molecule has 0 fully saturated rings. The highest BCUT2D eigenvalue weighted by Gasteiger charge is 2.04. The zero-order chi connectivity index (χ0) is 21.0. The molecular weight excluding hydrogens is 398 g/mol. The molecule has 3 aromatic rings. The first-order valence-electron chi connectivity index (χ1n) is 9.26. The van der Waals surface area contributed by atoms with E-state index in [1.807, 2.05) is 60.7 Å². The lowest BCUT2D eigenvalue weighted by atomic mass is 10.2. The van der Waals surface area contributed by atoms with Crippen molar-refractivity contribution in [1.82, 2.24) is 5.43 Å². The van der Waals surface area contributed by atoms with Gasteiger partial charge in [-0.1, -0.05) is 36.4 Å². The van der Waals surface area contributed by atoms with E-state index in [0.29, 0.717) is 11.5 Å². The van der Waals surface area contributed by atoms with Crippen LogP contribution in [0.3, 0.4) is 0 Å². The molecule has 0 aliphatic heterocycles. The Labute approximate surface area is 179 Å². The number of para-hydroxylation sites is 1. The van der Waals surface area contributed by atoms with Crippen LogP contribution >= 0.6 is 11.8 Å². The number of anilines is 1. The number of hydrogen-bond donors (Lipinski definition) is 2. The molecule has 0 radical (unpaired) electrons. The van der Waals surface area contributed by atoms with Crippen LogP contribution in [0.2, 0.25) is 0 Å². The van der Waals surface area contributed by atoms with Crippen molar-refractivity contribution >= 4 is 35.5 Å². The Hall–Kier alpha value is -3.58. The highest BCUT2D eigenvalue weighted by Crippen LogP contribution is 2.16. The van der Waals surface area contributed by atoms with Crippen LogP contribution in [-0.4, -0.2) is 30.4 Å². The quantitative estimate of drug-likeness (QED) is 0.313. The Balaban J connectivity index is 1.38. The standard InChI is InChI=1S/C23H21N3O3S/c27-22(25-19-7-3-1-4-8-19)16-29-20-13-11-18(12-14-20)15-24-26-23(28)17-30-21-9-5-2-6-10-21/h1-15H,16-17H2,(H,25,27)(H,26,28)/b24-15+. The third kappa shape index (κ3) is 7.44. The zero-order valence-corrected chi connectivity index (χ0v) is 17.0. The number of ether oxygens (including phenoxy) is 1. The van der Waals surface area contributed by atoms with Gasteiger partial charge in [-0.05, 0) is 54.1 Å². The molecule has 0 saturated carbocycles. The molecule has 3 aromatic carbocycles. The molecule has 6 nitrogen and oxygen atoms in total. The third-order valence-electron chi connectivity index (χ3n) is 3.82. The maximum atomic E-state index is 11.9. The summed E-state index contributed by atoms with van der Waals surface area (Å²) in [6, 6.07) is 26.0. The largest absolute Gasteiger partial charge is 0.484 e. The summed E-state index contributed by atoms with van der Waals surface area (Å²) in [7, 11) is 0. The third-order valence-corrected chi connectivity index (χ3v) is 4.84. The fourth-order valence-corrected chi connectivity index (χ4v) is 3.11. The number of thioether (sulfide) groups is 1. The van der Waals surface area contributed by atoms with Gasteiger partial charge in [-0.15, -0.1) is 11.8 Å². The summed E-state index contributed by atoms with van der Waals surface area (Å²) >= 11 is 1.45. The monoisotopic (exact) mass is 419 g/mol. The van der Waals surface area contributed by atoms with Gasteiger partial charge in [0.1, 0.15) is 5.75 Å². The van der Waals surface area contributed by atoms with Gasteiger partial charge >= 0.3 is 0 Å². The SMILES string of the molecule is O=C(CSc1ccccc1)N/N=C/c1ccc(OCC(=O)Nc2ccccc2)cc1. The van der Waals surface area contributed by atoms with Crippen molar-refractivity contribution in [2.24, 2.45) is 5.10 Å². The van der Waals surface area contributed by atoms with E-state index < -0.39 is 0 Å². The molecule has 30 heavy (non-hydrogen) atoms. The van der Waals surface area contributed by atoms with Gasteiger partial charge in [-0.25, -0.2) is 5.43 Å². The van der Waals surface area contributed by atoms with Gasteiger partial charge in [0.05, 0.1) is 12.0 Å². The number of rotatable bonds is 9. The van der Waals surface area contributed by atoms with Crippen LogP contribution in [0.15, 0.2) is 94.9 Å². The van der Waals surface area contributed by atoms with Crippen molar-refractivity contribution in [1.29, 1.82) is 0 Å². The van der Waals surface area contributed by atoms with Gasteiger partial charge in [0.15, 0.2) is 6.61 Å². The van der Waals surface area contributed by atoms with E-state index in [1.54, 1.807) is 30.5 Å². The summed E-state index contributed by atoms with van der Waals surface area (Å²) in [5.74, 6) is 0.449. The van der Waals surface area contributed by atoms with Gasteiger partial charge in [-0.3, -0.25) is 9.59 Å². The van der Waals surface area contributed by atoms with E-state index >= 15 is 0 Å². The number of hydrazone groups is 1. The van der Waals surface area contributed by atoms with Crippen molar-refractivity contribution in [3.8, 4) is 5.75 Å². The van der Waals surface area contributed by atoms with E-state index in [0.717, 1.165) is 16.1 Å². The van der Waals surface area contributed by atoms with Crippen LogP contribution in [0.25, 0.3) is 0 Å². The van der Waals surface area contributed by atoms with E-state index in [2.05, 4.69) is 15.8 Å². The van der Waals surface area contributed by atoms with Gasteiger partial charge in [0.25, 0.3) is 5.91 Å². The highest BCUT2D eigenvalue weighted by atomic mass is 32.2. The second-order valence-corrected chi connectivity index (χ2v) is 7.22. The van der Waals surface area contributed by atoms with Crippen LogP contribution in [0.4, 0.5) is 5.69 Å². The van der Waals surface area contributed by atoms with E-state index in [-0.39, 0.29) is 18.4 Å². The molecular formula is C23H21N3O3S. The molecule has 0 aromatic heterocycles. The molecule has 0 aliphatic rings. The number of hydrogen-bond acceptors (Lipinski definition) is 5. The first kappa shape index (κ1) is 21.1. The van der Waals surface area contributed by atoms with Crippen molar-refractivity contribution in [3.05, 3.63) is 90.5 Å². The fourth-order valence-electron chi connectivity index (χ4n) is 2.39. The van der Waals surface area contributed by atoms with Crippen molar-refractivity contribution < 1.29 is 14.3 Å². The molecule has 3 rings (SSSR count). The summed E-state index contributed by atoms with van der Waals surface area (Å²) in [4.78, 5) is 24.8. The maximum Gasteiger partial charge on any atom is 0.262 e. The first-order chi connectivity index (χ1) is 14.7. The number of nitrogens with one attached hydrogen (secondary N) is 2. The molecule has 0 heterocycles. The second kappa shape index (κ2) is 11.4. The van der Waals surface area contributed by atoms with Gasteiger partial charge < -0.3 is 10.1 Å². The minimum absolute atomic E-state index is 0.0858. The van der Waals surface area contributed by atoms with Gasteiger partial charge in [-0.2, -0.15) is 5.10 Å². The fraction of sp³-hybridized carbons (Fsp3) is 0.0870. The topological polar surface area (TPSA) is 79.8 Å². The van der Waals surface area contributed by atoms with E-state index in [9.17, 15) is 9.59 Å². The Bertz CT molecular complexity index is 978. The number of nitrogens with zero attached hydrogens (tertiary/aromatic N) is 1. The zero-order valence-electron chi connectivity index (χ0n) is 16.2. The molecule has 0 spiro atoms. The van der Waals surface area contributed by atoms with Crippen LogP contribution in [0.5, 0.6) is 5.75 Å². The summed E-state index contributed by atoms with van der Waals surface area (Å²) in [5.41, 5.74) is 4.03. The number of carbonyl (C=O) groups excluding carboxylic acids is 2. The number of benzene rings is 3. The van der Waals surface area contributed by atoms with Gasteiger partial charge in [0, 0.05) is 10.6 Å². The Morgan fingerprint density at radius 3 is 2.23 bits per heavy atom. The van der Waals surface area contributed by atoms with Crippen molar-refractivity contribution in [2.75, 3.05) is 17.7 Å². The molecule has 2 amide bonds. The maximum absolute atomic E-state index is 11.9. The summed E-state index contributed by atoms with van der Waals surface area (Å²) in [5, 5.41) is 6.72. The van der Waals surface area contributed by atoms with Crippen molar-refractivity contribution in [3.63, 3.8) is 0 Å². The van der Waals surface area contributed by atoms with Crippen LogP contribution in [-0.2, 0) is 9.59 Å². The molecule has 152 valence electrons. The lowest BCUT2D eigenvalue weighted by Gasteiger charge is -2.07. The number of amides is 2.